The number of nitrogens with zero attached hydrogens (tertiary/aromatic N) is 2. The molecule has 10 heteroatoms. The van der Waals surface area contributed by atoms with Crippen molar-refractivity contribution in [3.8, 4) is 22.9 Å². The first-order valence-electron chi connectivity index (χ1n) is 10.3. The number of barbiturate groups is 1. The SMILES string of the molecule is CCOCCC1(Oc2ccc(Oc3ccc(-n4cccn4)cc3)cc2)C(=O)NC(=O)NC1=O. The zero-order chi connectivity index (χ0) is 23.3. The van der Waals surface area contributed by atoms with E-state index in [1.165, 1.54) is 0 Å². The van der Waals surface area contributed by atoms with Crippen LogP contribution in [-0.2, 0) is 14.3 Å². The lowest BCUT2D eigenvalue weighted by Crippen LogP contribution is -2.69. The van der Waals surface area contributed by atoms with Gasteiger partial charge >= 0.3 is 6.03 Å². The second-order valence-corrected chi connectivity index (χ2v) is 7.13. The van der Waals surface area contributed by atoms with E-state index in [4.69, 9.17) is 14.2 Å². The van der Waals surface area contributed by atoms with Crippen LogP contribution in [0.2, 0.25) is 0 Å². The number of carbonyl (C=O) groups excluding carboxylic acids is 3. The van der Waals surface area contributed by atoms with Gasteiger partial charge in [0.05, 0.1) is 12.3 Å². The van der Waals surface area contributed by atoms with Gasteiger partial charge in [-0.15, -0.1) is 0 Å². The van der Waals surface area contributed by atoms with Gasteiger partial charge in [0, 0.05) is 25.4 Å². The summed E-state index contributed by atoms with van der Waals surface area (Å²) in [6.45, 7) is 2.30. The maximum Gasteiger partial charge on any atom is 0.328 e. The third-order valence-corrected chi connectivity index (χ3v) is 4.95. The Bertz CT molecular complexity index is 1110. The molecule has 0 unspecified atom stereocenters. The van der Waals surface area contributed by atoms with Gasteiger partial charge in [-0.1, -0.05) is 0 Å². The van der Waals surface area contributed by atoms with Crippen molar-refractivity contribution in [2.75, 3.05) is 13.2 Å². The van der Waals surface area contributed by atoms with Gasteiger partial charge in [0.2, 0.25) is 0 Å². The molecule has 0 spiro atoms. The molecule has 1 saturated heterocycles. The molecule has 0 radical (unpaired) electrons. The van der Waals surface area contributed by atoms with Crippen LogP contribution in [0.1, 0.15) is 13.3 Å². The standard InChI is InChI=1S/C23H22N4O6/c1-2-31-15-12-23(20(28)25-22(30)26-21(23)29)33-19-10-8-18(9-11-19)32-17-6-4-16(5-7-17)27-14-3-13-24-27/h3-11,13-14H,2,12,15H2,1H3,(H2,25,26,28,29,30). The van der Waals surface area contributed by atoms with Crippen molar-refractivity contribution in [3.63, 3.8) is 0 Å². The van der Waals surface area contributed by atoms with Crippen molar-refractivity contribution in [1.82, 2.24) is 20.4 Å². The Hall–Kier alpha value is -4.18. The van der Waals surface area contributed by atoms with E-state index in [2.05, 4.69) is 15.7 Å². The van der Waals surface area contributed by atoms with Crippen molar-refractivity contribution in [2.45, 2.75) is 18.9 Å². The van der Waals surface area contributed by atoms with Gasteiger partial charge in [-0.05, 0) is 61.5 Å². The Morgan fingerprint density at radius 3 is 2.09 bits per heavy atom. The van der Waals surface area contributed by atoms with Gasteiger partial charge in [0.25, 0.3) is 17.4 Å². The molecule has 170 valence electrons. The number of benzene rings is 2. The van der Waals surface area contributed by atoms with Crippen LogP contribution >= 0.6 is 0 Å². The Kier molecular flexibility index (Phi) is 6.36. The predicted molar refractivity (Wildman–Crippen MR) is 116 cm³/mol. The van der Waals surface area contributed by atoms with Gasteiger partial charge in [0.1, 0.15) is 17.2 Å². The summed E-state index contributed by atoms with van der Waals surface area (Å²) in [5.74, 6) is -0.266. The van der Waals surface area contributed by atoms with Gasteiger partial charge in [-0.2, -0.15) is 5.10 Å². The Morgan fingerprint density at radius 2 is 1.52 bits per heavy atom. The summed E-state index contributed by atoms with van der Waals surface area (Å²) in [6.07, 6.45) is 3.48. The molecule has 1 aliphatic rings. The van der Waals surface area contributed by atoms with E-state index < -0.39 is 23.4 Å². The molecule has 3 aromatic rings. The van der Waals surface area contributed by atoms with Crippen molar-refractivity contribution in [3.05, 3.63) is 67.0 Å². The quantitative estimate of drug-likeness (QED) is 0.380. The van der Waals surface area contributed by atoms with Crippen molar-refractivity contribution in [2.24, 2.45) is 0 Å². The number of ether oxygens (including phenoxy) is 3. The molecular weight excluding hydrogens is 428 g/mol. The third-order valence-electron chi connectivity index (χ3n) is 4.95. The van der Waals surface area contributed by atoms with Crippen LogP contribution in [0, 0.1) is 0 Å². The number of hydrogen-bond acceptors (Lipinski definition) is 7. The largest absolute Gasteiger partial charge is 0.467 e. The van der Waals surface area contributed by atoms with E-state index in [0.717, 1.165) is 5.69 Å². The van der Waals surface area contributed by atoms with Crippen molar-refractivity contribution in [1.29, 1.82) is 0 Å². The van der Waals surface area contributed by atoms with Crippen LogP contribution in [0.15, 0.2) is 67.0 Å². The maximum absolute atomic E-state index is 12.6. The molecular formula is C23H22N4O6. The summed E-state index contributed by atoms with van der Waals surface area (Å²) >= 11 is 0. The maximum atomic E-state index is 12.6. The zero-order valence-corrected chi connectivity index (χ0v) is 17.8. The van der Waals surface area contributed by atoms with Gasteiger partial charge in [-0.25, -0.2) is 9.48 Å². The highest BCUT2D eigenvalue weighted by atomic mass is 16.5. The third kappa shape index (κ3) is 4.85. The molecule has 4 amide bonds. The predicted octanol–water partition coefficient (Wildman–Crippen LogP) is 2.57. The van der Waals surface area contributed by atoms with E-state index >= 15 is 0 Å². The molecule has 0 aliphatic carbocycles. The summed E-state index contributed by atoms with van der Waals surface area (Å²) in [4.78, 5) is 36.6. The second kappa shape index (κ2) is 9.53. The first-order valence-corrected chi connectivity index (χ1v) is 10.3. The number of aromatic nitrogens is 2. The number of rotatable bonds is 9. The summed E-state index contributed by atoms with van der Waals surface area (Å²) in [5.41, 5.74) is -1.02. The summed E-state index contributed by atoms with van der Waals surface area (Å²) in [7, 11) is 0. The number of nitrogens with one attached hydrogen (secondary N) is 2. The normalized spacial score (nSPS) is 15.0. The first kappa shape index (κ1) is 22.0. The number of hydrogen-bond donors (Lipinski definition) is 2. The van der Waals surface area contributed by atoms with Crippen LogP contribution in [0.5, 0.6) is 17.2 Å². The van der Waals surface area contributed by atoms with Gasteiger partial charge < -0.3 is 14.2 Å². The van der Waals surface area contributed by atoms with Crippen LogP contribution in [-0.4, -0.2) is 46.4 Å². The van der Waals surface area contributed by atoms with Crippen LogP contribution < -0.4 is 20.1 Å². The lowest BCUT2D eigenvalue weighted by atomic mass is 9.95. The summed E-state index contributed by atoms with van der Waals surface area (Å²) < 4.78 is 18.7. The number of carbonyl (C=O) groups is 3. The highest BCUT2D eigenvalue weighted by Gasteiger charge is 2.52. The van der Waals surface area contributed by atoms with Gasteiger partial charge in [0.15, 0.2) is 0 Å². The highest BCUT2D eigenvalue weighted by molar-refractivity contribution is 6.21. The Labute approximate surface area is 189 Å². The van der Waals surface area contributed by atoms with E-state index in [-0.39, 0.29) is 18.8 Å². The summed E-state index contributed by atoms with van der Waals surface area (Å²) in [5, 5.41) is 8.35. The molecule has 0 bridgehead atoms. The van der Waals surface area contributed by atoms with Crippen LogP contribution in [0.4, 0.5) is 4.79 Å². The average molecular weight is 450 g/mol. The van der Waals surface area contributed by atoms with Crippen molar-refractivity contribution < 1.29 is 28.6 Å². The molecule has 1 aromatic heterocycles. The number of imide groups is 2. The van der Waals surface area contributed by atoms with E-state index in [1.54, 1.807) is 42.1 Å². The molecule has 33 heavy (non-hydrogen) atoms. The minimum absolute atomic E-state index is 0.0629. The second-order valence-electron chi connectivity index (χ2n) is 7.13. The molecule has 0 saturated carbocycles. The minimum Gasteiger partial charge on any atom is -0.467 e. The lowest BCUT2D eigenvalue weighted by Gasteiger charge is -2.34. The molecule has 1 aliphatic heterocycles. The zero-order valence-electron chi connectivity index (χ0n) is 17.8. The van der Waals surface area contributed by atoms with Crippen molar-refractivity contribution >= 4 is 17.8 Å². The van der Waals surface area contributed by atoms with Crippen LogP contribution in [0.25, 0.3) is 5.69 Å². The minimum atomic E-state index is -1.92. The molecule has 10 nitrogen and oxygen atoms in total. The monoisotopic (exact) mass is 450 g/mol. The fraction of sp³-hybridized carbons (Fsp3) is 0.217. The van der Waals surface area contributed by atoms with E-state index in [0.29, 0.717) is 18.1 Å². The molecule has 2 N–H and O–H groups in total. The average Bonchev–Trinajstić information content (AvgIpc) is 3.34. The van der Waals surface area contributed by atoms with Crippen LogP contribution in [0.3, 0.4) is 0 Å². The smallest absolute Gasteiger partial charge is 0.328 e. The molecule has 1 fully saturated rings. The molecule has 2 heterocycles. The fourth-order valence-electron chi connectivity index (χ4n) is 3.27. The first-order chi connectivity index (χ1) is 16.0. The number of amides is 4. The topological polar surface area (TPSA) is 121 Å². The van der Waals surface area contributed by atoms with Gasteiger partial charge in [-0.3, -0.25) is 20.2 Å². The molecule has 2 aromatic carbocycles. The Balaban J connectivity index is 1.46. The highest BCUT2D eigenvalue weighted by Crippen LogP contribution is 2.28. The molecule has 0 atom stereocenters. The molecule has 4 rings (SSSR count). The lowest BCUT2D eigenvalue weighted by molar-refractivity contribution is -0.153. The fourth-order valence-corrected chi connectivity index (χ4v) is 3.27. The van der Waals surface area contributed by atoms with E-state index in [1.807, 2.05) is 36.5 Å². The van der Waals surface area contributed by atoms with E-state index in [9.17, 15) is 14.4 Å². The summed E-state index contributed by atoms with van der Waals surface area (Å²) in [6, 6.07) is 14.8. The number of urea groups is 1. The Morgan fingerprint density at radius 1 is 0.909 bits per heavy atom.